The first-order chi connectivity index (χ1) is 17.8. The number of ether oxygens (including phenoxy) is 1. The Balaban J connectivity index is 1.18. The molecule has 10 heteroatoms. The zero-order valence-corrected chi connectivity index (χ0v) is 22.2. The summed E-state index contributed by atoms with van der Waals surface area (Å²) >= 11 is 12.3. The molecule has 0 radical (unpaired) electrons. The van der Waals surface area contributed by atoms with Gasteiger partial charge in [0.05, 0.1) is 27.9 Å². The molecule has 2 heterocycles. The molecular weight excluding hydrogens is 536 g/mol. The standard InChI is InChI=1S/C27H26Cl2FN3O3S/c28-21-7-8-24(27-26(21)22(29)15-31-27)32-37(34,35)25-9-6-20(14-23(25)30)36-13-11-19-10-12-33(17-19)16-18-4-2-1-3-5-18/h1-9,14-15,19,31-32H,10-13,16-17H2/t19-/m1/s1. The summed E-state index contributed by atoms with van der Waals surface area (Å²) in [6.07, 6.45) is 3.45. The summed E-state index contributed by atoms with van der Waals surface area (Å²) < 4.78 is 48.9. The first kappa shape index (κ1) is 25.9. The number of rotatable bonds is 9. The van der Waals surface area contributed by atoms with Gasteiger partial charge in [0.2, 0.25) is 0 Å². The quantitative estimate of drug-likeness (QED) is 0.238. The average Bonchev–Trinajstić information content (AvgIpc) is 3.48. The van der Waals surface area contributed by atoms with E-state index in [1.54, 1.807) is 0 Å². The smallest absolute Gasteiger partial charge is 0.264 e. The summed E-state index contributed by atoms with van der Waals surface area (Å²) in [5.74, 6) is -0.0923. The van der Waals surface area contributed by atoms with Crippen molar-refractivity contribution in [2.24, 2.45) is 5.92 Å². The zero-order chi connectivity index (χ0) is 26.0. The number of nitrogens with zero attached hydrogens (tertiary/aromatic N) is 1. The molecule has 6 nitrogen and oxygen atoms in total. The number of hydrogen-bond donors (Lipinski definition) is 2. The van der Waals surface area contributed by atoms with Crippen LogP contribution in [0.4, 0.5) is 10.1 Å². The van der Waals surface area contributed by atoms with Crippen molar-refractivity contribution in [3.63, 3.8) is 0 Å². The number of nitrogens with one attached hydrogen (secondary N) is 2. The molecule has 37 heavy (non-hydrogen) atoms. The van der Waals surface area contributed by atoms with Gasteiger partial charge in [-0.2, -0.15) is 0 Å². The van der Waals surface area contributed by atoms with E-state index >= 15 is 0 Å². The van der Waals surface area contributed by atoms with Gasteiger partial charge in [-0.25, -0.2) is 12.8 Å². The SMILES string of the molecule is O=S(=O)(Nc1ccc(Cl)c2c(Cl)c[nH]c12)c1ccc(OCC[C@H]2CCN(Cc3ccccc3)C2)cc1F. The van der Waals surface area contributed by atoms with Crippen LogP contribution in [0.2, 0.25) is 10.0 Å². The van der Waals surface area contributed by atoms with E-state index in [0.717, 1.165) is 38.5 Å². The number of halogens is 3. The molecule has 0 spiro atoms. The van der Waals surface area contributed by atoms with Gasteiger partial charge in [0.1, 0.15) is 16.5 Å². The third kappa shape index (κ3) is 5.88. The van der Waals surface area contributed by atoms with Gasteiger partial charge in [0.15, 0.2) is 0 Å². The van der Waals surface area contributed by atoms with Gasteiger partial charge in [-0.15, -0.1) is 0 Å². The second kappa shape index (κ2) is 10.9. The molecule has 0 aliphatic carbocycles. The predicted octanol–water partition coefficient (Wildman–Crippen LogP) is 6.71. The van der Waals surface area contributed by atoms with Crippen LogP contribution in [0.1, 0.15) is 18.4 Å². The van der Waals surface area contributed by atoms with E-state index in [0.29, 0.717) is 39.2 Å². The highest BCUT2D eigenvalue weighted by molar-refractivity contribution is 7.92. The number of benzene rings is 3. The molecule has 0 amide bonds. The van der Waals surface area contributed by atoms with Crippen LogP contribution in [0, 0.1) is 11.7 Å². The number of H-pyrrole nitrogens is 1. The minimum Gasteiger partial charge on any atom is -0.493 e. The molecule has 1 aliphatic rings. The van der Waals surface area contributed by atoms with Crippen LogP contribution in [0.25, 0.3) is 10.9 Å². The summed E-state index contributed by atoms with van der Waals surface area (Å²) in [6, 6.07) is 17.2. The van der Waals surface area contributed by atoms with Crippen LogP contribution < -0.4 is 9.46 Å². The number of likely N-dealkylation sites (tertiary alicyclic amines) is 1. The minimum absolute atomic E-state index is 0.212. The number of aromatic nitrogens is 1. The van der Waals surface area contributed by atoms with Gasteiger partial charge in [0.25, 0.3) is 10.0 Å². The van der Waals surface area contributed by atoms with E-state index in [4.69, 9.17) is 27.9 Å². The molecular formula is C27H26Cl2FN3O3S. The van der Waals surface area contributed by atoms with Gasteiger partial charge >= 0.3 is 0 Å². The van der Waals surface area contributed by atoms with Crippen molar-refractivity contribution >= 4 is 49.8 Å². The van der Waals surface area contributed by atoms with E-state index in [1.165, 1.54) is 36.0 Å². The van der Waals surface area contributed by atoms with Crippen molar-refractivity contribution < 1.29 is 17.5 Å². The molecule has 5 rings (SSSR count). The molecule has 0 bridgehead atoms. The first-order valence-electron chi connectivity index (χ1n) is 12.0. The predicted molar refractivity (Wildman–Crippen MR) is 145 cm³/mol. The highest BCUT2D eigenvalue weighted by Crippen LogP contribution is 2.35. The Labute approximate surface area is 225 Å². The van der Waals surface area contributed by atoms with Gasteiger partial charge in [-0.1, -0.05) is 53.5 Å². The Morgan fingerprint density at radius 1 is 1.08 bits per heavy atom. The largest absolute Gasteiger partial charge is 0.493 e. The molecule has 4 aromatic rings. The molecule has 1 saturated heterocycles. The maximum Gasteiger partial charge on any atom is 0.264 e. The molecule has 0 saturated carbocycles. The molecule has 1 atom stereocenters. The molecule has 1 fully saturated rings. The number of anilines is 1. The summed E-state index contributed by atoms with van der Waals surface area (Å²) in [5, 5.41) is 1.21. The second-order valence-corrected chi connectivity index (χ2v) is 11.7. The summed E-state index contributed by atoms with van der Waals surface area (Å²) in [5.41, 5.74) is 1.93. The van der Waals surface area contributed by atoms with Crippen molar-refractivity contribution in [3.8, 4) is 5.75 Å². The van der Waals surface area contributed by atoms with Crippen LogP contribution in [0.3, 0.4) is 0 Å². The average molecular weight is 562 g/mol. The Kier molecular flexibility index (Phi) is 7.62. The third-order valence-corrected chi connectivity index (χ3v) is 8.60. The fraction of sp³-hybridized carbons (Fsp3) is 0.259. The molecule has 1 aromatic heterocycles. The summed E-state index contributed by atoms with van der Waals surface area (Å²) in [6.45, 7) is 3.41. The highest BCUT2D eigenvalue weighted by atomic mass is 35.5. The maximum absolute atomic E-state index is 14.9. The number of aromatic amines is 1. The number of fused-ring (bicyclic) bond motifs is 1. The van der Waals surface area contributed by atoms with E-state index < -0.39 is 20.7 Å². The molecule has 194 valence electrons. The summed E-state index contributed by atoms with van der Waals surface area (Å²) in [7, 11) is -4.21. The van der Waals surface area contributed by atoms with Gasteiger partial charge in [0, 0.05) is 30.7 Å². The van der Waals surface area contributed by atoms with Crippen LogP contribution in [-0.4, -0.2) is 38.0 Å². The molecule has 3 aromatic carbocycles. The van der Waals surface area contributed by atoms with Crippen molar-refractivity contribution in [3.05, 3.63) is 88.3 Å². The Bertz CT molecular complexity index is 1510. The van der Waals surface area contributed by atoms with Gasteiger partial charge < -0.3 is 9.72 Å². The Morgan fingerprint density at radius 3 is 2.68 bits per heavy atom. The van der Waals surface area contributed by atoms with Crippen molar-refractivity contribution in [1.82, 2.24) is 9.88 Å². The Morgan fingerprint density at radius 2 is 1.89 bits per heavy atom. The van der Waals surface area contributed by atoms with Crippen molar-refractivity contribution in [2.45, 2.75) is 24.3 Å². The first-order valence-corrected chi connectivity index (χ1v) is 14.2. The zero-order valence-electron chi connectivity index (χ0n) is 19.9. The van der Waals surface area contributed by atoms with E-state index in [2.05, 4.69) is 38.9 Å². The van der Waals surface area contributed by atoms with Crippen molar-refractivity contribution in [1.29, 1.82) is 0 Å². The lowest BCUT2D eigenvalue weighted by Gasteiger charge is -2.16. The van der Waals surface area contributed by atoms with Gasteiger partial charge in [-0.05, 0) is 55.1 Å². The fourth-order valence-corrected chi connectivity index (χ4v) is 6.41. The Hall–Kier alpha value is -2.78. The van der Waals surface area contributed by atoms with Crippen LogP contribution in [0.15, 0.2) is 71.8 Å². The number of hydrogen-bond acceptors (Lipinski definition) is 4. The van der Waals surface area contributed by atoms with Crippen LogP contribution >= 0.6 is 23.2 Å². The second-order valence-electron chi connectivity index (χ2n) is 9.19. The number of sulfonamides is 1. The third-order valence-electron chi connectivity index (χ3n) is 6.59. The van der Waals surface area contributed by atoms with E-state index in [-0.39, 0.29) is 5.69 Å². The van der Waals surface area contributed by atoms with Crippen molar-refractivity contribution in [2.75, 3.05) is 24.4 Å². The monoisotopic (exact) mass is 561 g/mol. The fourth-order valence-electron chi connectivity index (χ4n) is 4.72. The molecule has 2 N–H and O–H groups in total. The minimum atomic E-state index is -4.21. The topological polar surface area (TPSA) is 74.4 Å². The highest BCUT2D eigenvalue weighted by Gasteiger charge is 2.24. The normalized spacial score (nSPS) is 16.4. The van der Waals surface area contributed by atoms with E-state index in [1.807, 2.05) is 6.07 Å². The lowest BCUT2D eigenvalue weighted by Crippen LogP contribution is -2.20. The van der Waals surface area contributed by atoms with Crippen LogP contribution in [0.5, 0.6) is 5.75 Å². The lowest BCUT2D eigenvalue weighted by molar-refractivity contribution is 0.265. The summed E-state index contributed by atoms with van der Waals surface area (Å²) in [4.78, 5) is 4.85. The molecule has 0 unspecified atom stereocenters. The van der Waals surface area contributed by atoms with E-state index in [9.17, 15) is 12.8 Å². The van der Waals surface area contributed by atoms with Crippen LogP contribution in [-0.2, 0) is 16.6 Å². The maximum atomic E-state index is 14.9. The lowest BCUT2D eigenvalue weighted by atomic mass is 10.1. The molecule has 1 aliphatic heterocycles. The van der Waals surface area contributed by atoms with Gasteiger partial charge in [-0.3, -0.25) is 9.62 Å².